The highest BCUT2D eigenvalue weighted by molar-refractivity contribution is 6.12. The zero-order chi connectivity index (χ0) is 76.9. The molecule has 0 unspecified atom stereocenters. The van der Waals surface area contributed by atoms with Gasteiger partial charge in [0.05, 0.1) is 85.0 Å². The maximum atomic E-state index is 15.4. The maximum absolute atomic E-state index is 15.4. The van der Waals surface area contributed by atoms with Crippen LogP contribution in [0.1, 0.15) is 101 Å². The maximum Gasteiger partial charge on any atom is 0.303 e. The minimum absolute atomic E-state index is 0.0216. The van der Waals surface area contributed by atoms with E-state index in [1.54, 1.807) is 72.2 Å². The van der Waals surface area contributed by atoms with Crippen molar-refractivity contribution in [3.8, 4) is 79.5 Å². The number of carbonyl (C=O) groups is 5. The Morgan fingerprint density at radius 3 is 1.41 bits per heavy atom. The van der Waals surface area contributed by atoms with Crippen LogP contribution in [-0.4, -0.2) is 100.0 Å². The SMILES string of the molecule is C#Cc1ccc(-c2cncn2Cc2cccc(C(=O)Nc3ccccc3-c3c4nc(c(-c5ccccc5NC(=O)c5cncn5C)c5ccc([nH]5)c(-c5ccccc5NC(=O)c5cncn5C)c5nc(c(-c6ccccc6NC(=O)c6cnc(CCCCC(=O)O)n6-c6ccccc6OC)c6ccc3[nH]6)C=C5)C=C4)c2)cc1. The molecule has 2 aliphatic heterocycles. The largest absolute Gasteiger partial charge is 0.495 e. The number of aryl methyl sites for hydroxylation is 3. The standard InChI is InChI=1S/C89H70N16O7/c1-5-54-33-35-56(36-34-54)75-46-92-53-104(75)50-55-19-18-20-57(45-55)86(108)98-62-25-10-6-21-58(62)82-66-37-39-68(94-66)83(59-22-7-11-26-63(59)99-87(109)76-47-90-51-102(76)2)69-41-42-70(96-69)84(60-23-8-12-27-64(60)100-88(110)77-48-91-52-103(77)3)71-43-44-73(97-71)85(72-40-38-67(82)95-72)61-24-9-13-28-65(61)101-89(111)78-49-93-80(31-16-17-32-81(106)107)105(78)74-29-14-15-30-79(74)112-4/h1,6-15,18-30,33-49,51-53,95-96H,16-17,31-32,50H2,2-4H3,(H,98,108)(H,99,109)(H,100,110)(H,101,111)(H,106,107). The number of ether oxygens (including phenoxy) is 1. The summed E-state index contributed by atoms with van der Waals surface area (Å²) in [6.45, 7) is 0.416. The second-order valence-corrected chi connectivity index (χ2v) is 26.8. The molecule has 7 aromatic heterocycles. The van der Waals surface area contributed by atoms with Gasteiger partial charge in [0.2, 0.25) is 0 Å². The molecule has 7 N–H and O–H groups in total. The van der Waals surface area contributed by atoms with Crippen molar-refractivity contribution < 1.29 is 33.8 Å². The molecular formula is C89H70N16O7. The number of benzene rings is 7. The minimum Gasteiger partial charge on any atom is -0.495 e. The van der Waals surface area contributed by atoms with E-state index in [0.29, 0.717) is 172 Å². The first-order valence-electron chi connectivity index (χ1n) is 36.0. The van der Waals surface area contributed by atoms with Crippen molar-refractivity contribution in [2.75, 3.05) is 28.4 Å². The van der Waals surface area contributed by atoms with Gasteiger partial charge >= 0.3 is 5.97 Å². The molecule has 23 nitrogen and oxygen atoms in total. The molecule has 8 bridgehead atoms. The summed E-state index contributed by atoms with van der Waals surface area (Å²) in [7, 11) is 5.05. The molecule has 16 rings (SSSR count). The number of unbranched alkanes of at least 4 members (excludes halogenated alkanes) is 1. The number of hydrogen-bond donors (Lipinski definition) is 7. The third kappa shape index (κ3) is 14.2. The van der Waals surface area contributed by atoms with Crippen molar-refractivity contribution in [1.29, 1.82) is 0 Å². The van der Waals surface area contributed by atoms with Gasteiger partial charge in [-0.1, -0.05) is 115 Å². The first-order valence-corrected chi connectivity index (χ1v) is 36.0. The molecule has 0 atom stereocenters. The van der Waals surface area contributed by atoms with E-state index in [1.807, 2.05) is 211 Å². The van der Waals surface area contributed by atoms with Gasteiger partial charge in [0.1, 0.15) is 28.7 Å². The minimum atomic E-state index is -0.903. The number of hydrogen-bond acceptors (Lipinski definition) is 12. The average molecular weight is 1480 g/mol. The lowest BCUT2D eigenvalue weighted by Gasteiger charge is -2.16. The molecule has 0 fully saturated rings. The third-order valence-electron chi connectivity index (χ3n) is 19.7. The molecule has 0 saturated carbocycles. The van der Waals surface area contributed by atoms with Gasteiger partial charge in [0.15, 0.2) is 0 Å². The van der Waals surface area contributed by atoms with Crippen LogP contribution in [-0.2, 0) is 31.9 Å². The highest BCUT2D eigenvalue weighted by atomic mass is 16.5. The third-order valence-corrected chi connectivity index (χ3v) is 19.7. The summed E-state index contributed by atoms with van der Waals surface area (Å²) in [5, 5.41) is 22.5. The molecule has 9 heterocycles. The average Bonchev–Trinajstić information content (AvgIpc) is 1.58. The summed E-state index contributed by atoms with van der Waals surface area (Å²) in [6, 6.07) is 60.2. The molecule has 4 amide bonds. The Balaban J connectivity index is 0.908. The van der Waals surface area contributed by atoms with Crippen molar-refractivity contribution in [1.82, 2.24) is 58.1 Å². The van der Waals surface area contributed by atoms with E-state index in [2.05, 4.69) is 52.1 Å². The van der Waals surface area contributed by atoms with E-state index in [1.165, 1.54) is 18.6 Å². The van der Waals surface area contributed by atoms with E-state index in [0.717, 1.165) is 22.4 Å². The molecule has 0 spiro atoms. The smallest absolute Gasteiger partial charge is 0.303 e. The Hall–Kier alpha value is -15.3. The zero-order valence-electron chi connectivity index (χ0n) is 60.8. The number of amides is 4. The molecular weight excluding hydrogens is 1410 g/mol. The lowest BCUT2D eigenvalue weighted by molar-refractivity contribution is -0.137. The number of anilines is 4. The first-order chi connectivity index (χ1) is 54.7. The normalized spacial score (nSPS) is 11.5. The van der Waals surface area contributed by atoms with Crippen molar-refractivity contribution in [2.45, 2.75) is 32.2 Å². The van der Waals surface area contributed by atoms with Crippen LogP contribution in [0.2, 0.25) is 0 Å². The summed E-state index contributed by atoms with van der Waals surface area (Å²) in [5.41, 5.74) is 16.0. The van der Waals surface area contributed by atoms with Crippen molar-refractivity contribution >= 4 is 98.7 Å². The van der Waals surface area contributed by atoms with Gasteiger partial charge in [0.25, 0.3) is 23.6 Å². The Morgan fingerprint density at radius 2 is 0.946 bits per heavy atom. The summed E-state index contributed by atoms with van der Waals surface area (Å²) in [6.07, 6.45) is 25.8. The molecule has 7 aromatic carbocycles. The summed E-state index contributed by atoms with van der Waals surface area (Å²) in [5.74, 6) is 1.13. The van der Waals surface area contributed by atoms with Crippen LogP contribution in [0.25, 0.3) is 108 Å². The Morgan fingerprint density at radius 1 is 0.491 bits per heavy atom. The zero-order valence-corrected chi connectivity index (χ0v) is 60.8. The predicted octanol–water partition coefficient (Wildman–Crippen LogP) is 16.7. The lowest BCUT2D eigenvalue weighted by atomic mass is 10.0. The van der Waals surface area contributed by atoms with E-state index in [9.17, 15) is 19.5 Å². The van der Waals surface area contributed by atoms with Gasteiger partial charge in [-0.05, 0) is 133 Å². The summed E-state index contributed by atoms with van der Waals surface area (Å²) < 4.78 is 12.9. The number of terminal acetylenes is 1. The molecule has 0 saturated heterocycles. The van der Waals surface area contributed by atoms with Gasteiger partial charge in [-0.2, -0.15) is 0 Å². The number of aliphatic carboxylic acids is 1. The Labute approximate surface area is 641 Å². The number of para-hydroxylation sites is 6. The van der Waals surface area contributed by atoms with Gasteiger partial charge in [0, 0.05) is 134 Å². The number of nitrogens with one attached hydrogen (secondary N) is 6. The van der Waals surface area contributed by atoms with E-state index >= 15 is 9.59 Å². The number of aromatic amines is 2. The fraction of sp³-hybridized carbons (Fsp3) is 0.0899. The number of H-pyrrole nitrogens is 2. The van der Waals surface area contributed by atoms with Gasteiger partial charge in [-0.15, -0.1) is 6.42 Å². The fourth-order valence-electron chi connectivity index (χ4n) is 14.3. The topological polar surface area (TPSA) is 292 Å². The predicted molar refractivity (Wildman–Crippen MR) is 435 cm³/mol. The van der Waals surface area contributed by atoms with Gasteiger partial charge < -0.3 is 54.8 Å². The second-order valence-electron chi connectivity index (χ2n) is 26.8. The Kier molecular flexibility index (Phi) is 19.6. The van der Waals surface area contributed by atoms with Crippen LogP contribution in [0.5, 0.6) is 5.75 Å². The van der Waals surface area contributed by atoms with Crippen molar-refractivity contribution in [3.63, 3.8) is 0 Å². The number of carbonyl (C=O) groups excluding carboxylic acids is 4. The Bertz CT molecular complexity index is 6370. The number of fused-ring (bicyclic) bond motifs is 8. The van der Waals surface area contributed by atoms with Gasteiger partial charge in [-0.25, -0.2) is 29.9 Å². The van der Waals surface area contributed by atoms with E-state index in [-0.39, 0.29) is 18.0 Å². The number of aromatic nitrogens is 12. The number of nitrogens with zero attached hydrogens (tertiary/aromatic N) is 10. The van der Waals surface area contributed by atoms with Crippen LogP contribution < -0.4 is 26.0 Å². The number of imidazole rings is 4. The molecule has 0 radical (unpaired) electrons. The van der Waals surface area contributed by atoms with Crippen LogP contribution in [0, 0.1) is 12.3 Å². The quantitative estimate of drug-likeness (QED) is 0.0246. The van der Waals surface area contributed by atoms with Gasteiger partial charge in [-0.3, -0.25) is 28.5 Å². The summed E-state index contributed by atoms with van der Waals surface area (Å²) in [4.78, 5) is 107. The first kappa shape index (κ1) is 71.0. The molecule has 14 aromatic rings. The van der Waals surface area contributed by atoms with Crippen LogP contribution >= 0.6 is 0 Å². The number of carboxylic acids is 1. The van der Waals surface area contributed by atoms with E-state index < -0.39 is 23.7 Å². The van der Waals surface area contributed by atoms with Crippen LogP contribution in [0.3, 0.4) is 0 Å². The van der Waals surface area contributed by atoms with Crippen molar-refractivity contribution in [2.24, 2.45) is 14.1 Å². The highest BCUT2D eigenvalue weighted by Gasteiger charge is 2.27. The summed E-state index contributed by atoms with van der Waals surface area (Å²) >= 11 is 0. The monoisotopic (exact) mass is 1470 g/mol. The second kappa shape index (κ2) is 30.9. The van der Waals surface area contributed by atoms with E-state index in [4.69, 9.17) is 26.1 Å². The molecule has 23 heteroatoms. The highest BCUT2D eigenvalue weighted by Crippen LogP contribution is 2.44. The number of rotatable bonds is 22. The number of carboxylic acid groups (broad SMARTS) is 1. The number of methoxy groups -OCH3 is 1. The van der Waals surface area contributed by atoms with Crippen molar-refractivity contribution in [3.05, 3.63) is 300 Å². The molecule has 2 aliphatic rings. The molecule has 548 valence electrons. The van der Waals surface area contributed by atoms with Crippen LogP contribution in [0.4, 0.5) is 22.7 Å². The fourth-order valence-corrected chi connectivity index (χ4v) is 14.3. The molecule has 112 heavy (non-hydrogen) atoms. The molecule has 0 aliphatic carbocycles. The lowest BCUT2D eigenvalue weighted by Crippen LogP contribution is -2.18. The van der Waals surface area contributed by atoms with Crippen LogP contribution in [0.15, 0.2) is 238 Å².